The minimum atomic E-state index is -3.90. The van der Waals surface area contributed by atoms with Gasteiger partial charge in [0.05, 0.1) is 19.8 Å². The summed E-state index contributed by atoms with van der Waals surface area (Å²) in [6.45, 7) is 0.868. The van der Waals surface area contributed by atoms with Gasteiger partial charge >= 0.3 is 0 Å². The average molecular weight is 521 g/mol. The van der Waals surface area contributed by atoms with Gasteiger partial charge in [-0.2, -0.15) is 0 Å². The third kappa shape index (κ3) is 8.29. The summed E-state index contributed by atoms with van der Waals surface area (Å²) in [5.74, 6) is 0.540. The van der Waals surface area contributed by atoms with Gasteiger partial charge in [-0.15, -0.1) is 0 Å². The number of aliphatic hydroxyl groups is 2. The molecule has 0 amide bonds. The maximum Gasteiger partial charge on any atom is 0.206 e. The topological polar surface area (TPSA) is 99.5 Å². The fraction of sp³-hybridized carbons (Fsp3) is 0.455. The highest BCUT2D eigenvalue weighted by Gasteiger charge is 2.21. The van der Waals surface area contributed by atoms with E-state index in [4.69, 9.17) is 32.7 Å². The van der Waals surface area contributed by atoms with Crippen LogP contribution >= 0.6 is 23.2 Å². The second kappa shape index (κ2) is 12.2. The normalized spacial score (nSPS) is 13.9. The third-order valence-corrected chi connectivity index (χ3v) is 6.78. The summed E-state index contributed by atoms with van der Waals surface area (Å²) in [5, 5.41) is 20.0. The second-order valence-corrected chi connectivity index (χ2v) is 10.9. The molecule has 0 aliphatic heterocycles. The number of nitrogens with zero attached hydrogens (tertiary/aromatic N) is 2. The summed E-state index contributed by atoms with van der Waals surface area (Å²) >= 11 is 12.4. The van der Waals surface area contributed by atoms with Crippen molar-refractivity contribution >= 4 is 33.0 Å². The molecule has 0 saturated carbocycles. The zero-order chi connectivity index (χ0) is 24.8. The standard InChI is InChI=1S/C22H30Cl2N2O6S/c1-25(2)11-15(27)13-31-21-7-5-17(9-19(21)23)33(29,30)18-6-8-22(20(24)10-18)32-14-16(28)12-26(3)4/h5-10,15-16,27-28H,11-14H2,1-4H3. The summed E-state index contributed by atoms with van der Waals surface area (Å²) in [6.07, 6.45) is -1.43. The fourth-order valence-corrected chi connectivity index (χ4v) is 4.90. The molecule has 11 heteroatoms. The second-order valence-electron chi connectivity index (χ2n) is 8.14. The summed E-state index contributed by atoms with van der Waals surface area (Å²) in [7, 11) is 3.41. The Morgan fingerprint density at radius 1 is 0.788 bits per heavy atom. The lowest BCUT2D eigenvalue weighted by Crippen LogP contribution is -2.30. The molecule has 0 heterocycles. The number of ether oxygens (including phenoxy) is 2. The van der Waals surface area contributed by atoms with Crippen LogP contribution in [0.1, 0.15) is 0 Å². The molecule has 0 aromatic heterocycles. The first kappa shape index (κ1) is 27.7. The van der Waals surface area contributed by atoms with E-state index in [9.17, 15) is 18.6 Å². The van der Waals surface area contributed by atoms with Crippen molar-refractivity contribution in [3.05, 3.63) is 46.4 Å². The Kier molecular flexibility index (Phi) is 10.2. The first-order valence-corrected chi connectivity index (χ1v) is 12.4. The van der Waals surface area contributed by atoms with E-state index in [1.165, 1.54) is 36.4 Å². The maximum atomic E-state index is 13.0. The van der Waals surface area contributed by atoms with E-state index in [0.717, 1.165) is 0 Å². The molecule has 2 unspecified atom stereocenters. The number of hydrogen-bond acceptors (Lipinski definition) is 8. The first-order valence-electron chi connectivity index (χ1n) is 10.2. The Hall–Kier alpha value is -1.59. The molecule has 0 radical (unpaired) electrons. The van der Waals surface area contributed by atoms with Crippen molar-refractivity contribution in [1.82, 2.24) is 9.80 Å². The van der Waals surface area contributed by atoms with Crippen LogP contribution in [0.5, 0.6) is 11.5 Å². The first-order chi connectivity index (χ1) is 15.4. The van der Waals surface area contributed by atoms with E-state index in [0.29, 0.717) is 13.1 Å². The molecule has 0 saturated heterocycles. The van der Waals surface area contributed by atoms with E-state index in [1.807, 2.05) is 38.0 Å². The summed E-state index contributed by atoms with van der Waals surface area (Å²) in [6, 6.07) is 8.24. The van der Waals surface area contributed by atoms with Crippen LogP contribution in [0.3, 0.4) is 0 Å². The van der Waals surface area contributed by atoms with Gasteiger partial charge in [-0.05, 0) is 64.6 Å². The van der Waals surface area contributed by atoms with Gasteiger partial charge in [0.1, 0.15) is 36.9 Å². The summed E-state index contributed by atoms with van der Waals surface area (Å²) in [4.78, 5) is 3.58. The largest absolute Gasteiger partial charge is 0.489 e. The van der Waals surface area contributed by atoms with Crippen LogP contribution in [0.25, 0.3) is 0 Å². The number of likely N-dealkylation sites (N-methyl/N-ethyl adjacent to an activating group) is 2. The molecule has 0 fully saturated rings. The smallest absolute Gasteiger partial charge is 0.206 e. The van der Waals surface area contributed by atoms with Crippen LogP contribution in [-0.4, -0.2) is 95.1 Å². The summed E-state index contributed by atoms with van der Waals surface area (Å²) in [5.41, 5.74) is 0. The van der Waals surface area contributed by atoms with E-state index in [-0.39, 0.29) is 44.5 Å². The van der Waals surface area contributed by atoms with Crippen LogP contribution < -0.4 is 9.47 Å². The van der Waals surface area contributed by atoms with Crippen molar-refractivity contribution in [2.24, 2.45) is 0 Å². The molecule has 2 N–H and O–H groups in total. The van der Waals surface area contributed by atoms with Gasteiger partial charge in [-0.25, -0.2) is 8.42 Å². The van der Waals surface area contributed by atoms with Crippen molar-refractivity contribution in [3.8, 4) is 11.5 Å². The Morgan fingerprint density at radius 2 is 1.15 bits per heavy atom. The number of halogens is 2. The van der Waals surface area contributed by atoms with Gasteiger partial charge in [-0.1, -0.05) is 23.2 Å². The lowest BCUT2D eigenvalue weighted by Gasteiger charge is -2.17. The molecule has 2 aromatic carbocycles. The minimum Gasteiger partial charge on any atom is -0.489 e. The molecule has 33 heavy (non-hydrogen) atoms. The molecule has 2 rings (SSSR count). The summed E-state index contributed by atoms with van der Waals surface area (Å²) < 4.78 is 37.1. The van der Waals surface area contributed by atoms with E-state index in [1.54, 1.807) is 0 Å². The Bertz CT molecular complexity index is 958. The van der Waals surface area contributed by atoms with Gasteiger partial charge in [0.25, 0.3) is 0 Å². The number of sulfone groups is 1. The van der Waals surface area contributed by atoms with Crippen LogP contribution in [-0.2, 0) is 9.84 Å². The molecule has 0 aliphatic carbocycles. The average Bonchev–Trinajstić information content (AvgIpc) is 2.70. The lowest BCUT2D eigenvalue weighted by molar-refractivity contribution is 0.0830. The molecule has 0 bridgehead atoms. The van der Waals surface area contributed by atoms with Gasteiger partial charge in [0.2, 0.25) is 9.84 Å². The molecular weight excluding hydrogens is 491 g/mol. The molecular formula is C22H30Cl2N2O6S. The predicted octanol–water partition coefficient (Wildman–Crippen LogP) is 2.43. The van der Waals surface area contributed by atoms with E-state index >= 15 is 0 Å². The lowest BCUT2D eigenvalue weighted by atomic mass is 10.3. The predicted molar refractivity (Wildman–Crippen MR) is 128 cm³/mol. The van der Waals surface area contributed by atoms with Crippen molar-refractivity contribution in [1.29, 1.82) is 0 Å². The van der Waals surface area contributed by atoms with Crippen molar-refractivity contribution in [2.45, 2.75) is 22.0 Å². The zero-order valence-corrected chi connectivity index (χ0v) is 21.4. The number of benzene rings is 2. The van der Waals surface area contributed by atoms with Crippen molar-refractivity contribution in [2.75, 3.05) is 54.5 Å². The van der Waals surface area contributed by atoms with Gasteiger partial charge in [0.15, 0.2) is 0 Å². The van der Waals surface area contributed by atoms with E-state index in [2.05, 4.69) is 0 Å². The van der Waals surface area contributed by atoms with Crippen molar-refractivity contribution < 1.29 is 28.1 Å². The quantitative estimate of drug-likeness (QED) is 0.440. The zero-order valence-electron chi connectivity index (χ0n) is 19.0. The monoisotopic (exact) mass is 520 g/mol. The third-order valence-electron chi connectivity index (χ3n) is 4.44. The highest BCUT2D eigenvalue weighted by Crippen LogP contribution is 2.33. The Balaban J connectivity index is 2.12. The fourth-order valence-electron chi connectivity index (χ4n) is 2.99. The molecule has 8 nitrogen and oxygen atoms in total. The molecule has 184 valence electrons. The van der Waals surface area contributed by atoms with Gasteiger partial charge < -0.3 is 29.5 Å². The van der Waals surface area contributed by atoms with Crippen molar-refractivity contribution in [3.63, 3.8) is 0 Å². The Morgan fingerprint density at radius 3 is 1.45 bits per heavy atom. The molecule has 2 aromatic rings. The highest BCUT2D eigenvalue weighted by molar-refractivity contribution is 7.91. The SMILES string of the molecule is CN(C)CC(O)COc1ccc(S(=O)(=O)c2ccc(OCC(O)CN(C)C)c(Cl)c2)cc1Cl. The van der Waals surface area contributed by atoms with Crippen LogP contribution in [0, 0.1) is 0 Å². The van der Waals surface area contributed by atoms with E-state index < -0.39 is 22.0 Å². The maximum absolute atomic E-state index is 13.0. The Labute approximate surface area is 205 Å². The molecule has 0 spiro atoms. The van der Waals surface area contributed by atoms with Gasteiger partial charge in [0, 0.05) is 13.1 Å². The number of aliphatic hydroxyl groups excluding tert-OH is 2. The minimum absolute atomic E-state index is 0.0182. The van der Waals surface area contributed by atoms with Crippen LogP contribution in [0.4, 0.5) is 0 Å². The molecule has 2 atom stereocenters. The van der Waals surface area contributed by atoms with Gasteiger partial charge in [-0.3, -0.25) is 0 Å². The molecule has 0 aliphatic rings. The number of rotatable bonds is 12. The van der Waals surface area contributed by atoms with Crippen LogP contribution in [0.2, 0.25) is 10.0 Å². The highest BCUT2D eigenvalue weighted by atomic mass is 35.5. The number of hydrogen-bond donors (Lipinski definition) is 2. The van der Waals surface area contributed by atoms with Crippen LogP contribution in [0.15, 0.2) is 46.2 Å².